The van der Waals surface area contributed by atoms with Crippen molar-refractivity contribution >= 4 is 11.6 Å². The monoisotopic (exact) mass is 232 g/mol. The van der Waals surface area contributed by atoms with Crippen molar-refractivity contribution in [2.45, 2.75) is 38.6 Å². The molecule has 1 atom stereocenters. The highest BCUT2D eigenvalue weighted by Crippen LogP contribution is 2.27. The molecule has 2 rings (SSSR count). The lowest BCUT2D eigenvalue weighted by atomic mass is 9.99. The van der Waals surface area contributed by atoms with Crippen LogP contribution in [0.4, 0.5) is 5.69 Å². The molecule has 1 aliphatic carbocycles. The molecule has 1 fully saturated rings. The molecule has 1 unspecified atom stereocenters. The Balaban J connectivity index is 1.94. The normalized spacial score (nSPS) is 17.9. The van der Waals surface area contributed by atoms with Crippen LogP contribution < -0.4 is 11.1 Å². The van der Waals surface area contributed by atoms with Gasteiger partial charge < -0.3 is 11.1 Å². The van der Waals surface area contributed by atoms with Crippen LogP contribution in [0.2, 0.25) is 0 Å². The quantitative estimate of drug-likeness (QED) is 0.787. The highest BCUT2D eigenvalue weighted by Gasteiger charge is 2.22. The summed E-state index contributed by atoms with van der Waals surface area (Å²) in [6.45, 7) is 2.10. The molecule has 1 saturated carbocycles. The van der Waals surface area contributed by atoms with E-state index < -0.39 is 0 Å². The number of benzene rings is 1. The van der Waals surface area contributed by atoms with Crippen LogP contribution in [0.3, 0.4) is 0 Å². The second-order valence-electron chi connectivity index (χ2n) is 4.93. The summed E-state index contributed by atoms with van der Waals surface area (Å²) in [5.74, 6) is 0.650. The highest BCUT2D eigenvalue weighted by molar-refractivity contribution is 5.94. The maximum atomic E-state index is 12.0. The van der Waals surface area contributed by atoms with Gasteiger partial charge in [0.15, 0.2) is 0 Å². The molecule has 0 spiro atoms. The number of nitrogen functional groups attached to an aromatic ring is 1. The molecule has 3 nitrogen and oxygen atoms in total. The number of hydrogen-bond donors (Lipinski definition) is 2. The van der Waals surface area contributed by atoms with Gasteiger partial charge >= 0.3 is 0 Å². The Morgan fingerprint density at radius 1 is 1.29 bits per heavy atom. The lowest BCUT2D eigenvalue weighted by Crippen LogP contribution is -2.37. The molecule has 0 bridgehead atoms. The molecule has 92 valence electrons. The summed E-state index contributed by atoms with van der Waals surface area (Å²) in [4.78, 5) is 12.0. The molecule has 1 aromatic carbocycles. The van der Waals surface area contributed by atoms with Crippen LogP contribution in [-0.2, 0) is 0 Å². The zero-order valence-electron chi connectivity index (χ0n) is 10.3. The van der Waals surface area contributed by atoms with Gasteiger partial charge in [-0.25, -0.2) is 0 Å². The average molecular weight is 232 g/mol. The minimum atomic E-state index is 0.00407. The van der Waals surface area contributed by atoms with Crippen molar-refractivity contribution in [3.05, 3.63) is 29.8 Å². The first kappa shape index (κ1) is 12.0. The van der Waals surface area contributed by atoms with Gasteiger partial charge in [-0.3, -0.25) is 4.79 Å². The third kappa shape index (κ3) is 2.99. The van der Waals surface area contributed by atoms with Gasteiger partial charge in [-0.2, -0.15) is 0 Å². The Morgan fingerprint density at radius 2 is 1.88 bits per heavy atom. The molecular weight excluding hydrogens is 212 g/mol. The lowest BCUT2D eigenvalue weighted by Gasteiger charge is -2.20. The number of anilines is 1. The summed E-state index contributed by atoms with van der Waals surface area (Å²) in [5.41, 5.74) is 6.97. The van der Waals surface area contributed by atoms with Gasteiger partial charge in [0.1, 0.15) is 0 Å². The second kappa shape index (κ2) is 5.21. The van der Waals surface area contributed by atoms with Gasteiger partial charge in [-0.1, -0.05) is 12.8 Å². The molecule has 0 aromatic heterocycles. The van der Waals surface area contributed by atoms with E-state index in [0.29, 0.717) is 17.2 Å². The van der Waals surface area contributed by atoms with Gasteiger partial charge in [0.25, 0.3) is 5.91 Å². The third-order valence-corrected chi connectivity index (χ3v) is 3.64. The van der Waals surface area contributed by atoms with E-state index in [-0.39, 0.29) is 11.9 Å². The van der Waals surface area contributed by atoms with E-state index in [1.807, 2.05) is 0 Å². The van der Waals surface area contributed by atoms with E-state index in [0.717, 1.165) is 0 Å². The van der Waals surface area contributed by atoms with E-state index in [4.69, 9.17) is 5.73 Å². The van der Waals surface area contributed by atoms with Crippen LogP contribution in [0.15, 0.2) is 24.3 Å². The van der Waals surface area contributed by atoms with Crippen molar-refractivity contribution in [2.75, 3.05) is 5.73 Å². The molecule has 0 saturated heterocycles. The van der Waals surface area contributed by atoms with Crippen molar-refractivity contribution in [3.63, 3.8) is 0 Å². The molecule has 1 aliphatic rings. The van der Waals surface area contributed by atoms with Crippen LogP contribution in [0.25, 0.3) is 0 Å². The minimum absolute atomic E-state index is 0.00407. The number of carbonyl (C=O) groups excluding carboxylic acids is 1. The first-order valence-electron chi connectivity index (χ1n) is 6.33. The minimum Gasteiger partial charge on any atom is -0.399 e. The molecule has 3 heteroatoms. The van der Waals surface area contributed by atoms with E-state index in [1.165, 1.54) is 25.7 Å². The average Bonchev–Trinajstić information content (AvgIpc) is 2.83. The number of nitrogens with one attached hydrogen (secondary N) is 1. The van der Waals surface area contributed by atoms with E-state index in [2.05, 4.69) is 12.2 Å². The topological polar surface area (TPSA) is 55.1 Å². The first-order valence-corrected chi connectivity index (χ1v) is 6.33. The number of nitrogens with two attached hydrogens (primary N) is 1. The Hall–Kier alpha value is -1.51. The zero-order valence-corrected chi connectivity index (χ0v) is 10.3. The largest absolute Gasteiger partial charge is 0.399 e. The number of rotatable bonds is 3. The molecule has 0 radical (unpaired) electrons. The lowest BCUT2D eigenvalue weighted by molar-refractivity contribution is 0.0927. The van der Waals surface area contributed by atoms with Crippen LogP contribution in [0.5, 0.6) is 0 Å². The summed E-state index contributed by atoms with van der Waals surface area (Å²) in [6.07, 6.45) is 5.08. The summed E-state index contributed by atoms with van der Waals surface area (Å²) in [7, 11) is 0. The standard InChI is InChI=1S/C14H20N2O/c1-10(11-4-2-3-5-11)16-14(17)12-6-8-13(15)9-7-12/h6-11H,2-5,15H2,1H3,(H,16,17). The van der Waals surface area contributed by atoms with E-state index in [1.54, 1.807) is 24.3 Å². The first-order chi connectivity index (χ1) is 8.16. The van der Waals surface area contributed by atoms with Crippen molar-refractivity contribution in [3.8, 4) is 0 Å². The summed E-state index contributed by atoms with van der Waals surface area (Å²) in [6, 6.07) is 7.32. The summed E-state index contributed by atoms with van der Waals surface area (Å²) in [5, 5.41) is 3.08. The van der Waals surface area contributed by atoms with Gasteiger partial charge in [0.05, 0.1) is 0 Å². The second-order valence-corrected chi connectivity index (χ2v) is 4.93. The molecule has 1 aromatic rings. The van der Waals surface area contributed by atoms with E-state index >= 15 is 0 Å². The van der Waals surface area contributed by atoms with Gasteiger partial charge in [0.2, 0.25) is 0 Å². The third-order valence-electron chi connectivity index (χ3n) is 3.64. The Labute approximate surface area is 102 Å². The van der Waals surface area contributed by atoms with Crippen molar-refractivity contribution in [1.29, 1.82) is 0 Å². The SMILES string of the molecule is CC(NC(=O)c1ccc(N)cc1)C1CCCC1. The highest BCUT2D eigenvalue weighted by atomic mass is 16.1. The molecular formula is C14H20N2O. The van der Waals surface area contributed by atoms with Crippen LogP contribution in [0, 0.1) is 5.92 Å². The predicted octanol–water partition coefficient (Wildman–Crippen LogP) is 2.58. The van der Waals surface area contributed by atoms with Crippen LogP contribution >= 0.6 is 0 Å². The fourth-order valence-corrected chi connectivity index (χ4v) is 2.50. The van der Waals surface area contributed by atoms with Crippen molar-refractivity contribution < 1.29 is 4.79 Å². The Bertz CT molecular complexity index is 380. The predicted molar refractivity (Wildman–Crippen MR) is 69.7 cm³/mol. The molecule has 3 N–H and O–H groups in total. The van der Waals surface area contributed by atoms with Crippen molar-refractivity contribution in [2.24, 2.45) is 5.92 Å². The smallest absolute Gasteiger partial charge is 0.251 e. The van der Waals surface area contributed by atoms with Gasteiger partial charge in [-0.15, -0.1) is 0 Å². The van der Waals surface area contributed by atoms with Gasteiger partial charge in [0, 0.05) is 17.3 Å². The van der Waals surface area contributed by atoms with E-state index in [9.17, 15) is 4.79 Å². The number of carbonyl (C=O) groups is 1. The van der Waals surface area contributed by atoms with Crippen molar-refractivity contribution in [1.82, 2.24) is 5.32 Å². The van der Waals surface area contributed by atoms with Gasteiger partial charge in [-0.05, 0) is 49.9 Å². The van der Waals surface area contributed by atoms with Crippen LogP contribution in [0.1, 0.15) is 43.0 Å². The summed E-state index contributed by atoms with van der Waals surface area (Å²) < 4.78 is 0. The molecule has 1 amide bonds. The molecule has 0 heterocycles. The fraction of sp³-hybridized carbons (Fsp3) is 0.500. The fourth-order valence-electron chi connectivity index (χ4n) is 2.50. The molecule has 17 heavy (non-hydrogen) atoms. The van der Waals surface area contributed by atoms with Crippen LogP contribution in [-0.4, -0.2) is 11.9 Å². The number of hydrogen-bond acceptors (Lipinski definition) is 2. The maximum absolute atomic E-state index is 12.0. The Kier molecular flexibility index (Phi) is 3.67. The summed E-state index contributed by atoms with van der Waals surface area (Å²) >= 11 is 0. The maximum Gasteiger partial charge on any atom is 0.251 e. The zero-order chi connectivity index (χ0) is 12.3. The molecule has 0 aliphatic heterocycles. The Morgan fingerprint density at radius 3 is 2.47 bits per heavy atom. The number of amides is 1.